The third-order valence-electron chi connectivity index (χ3n) is 2.45. The topological polar surface area (TPSA) is 86.0 Å². The summed E-state index contributed by atoms with van der Waals surface area (Å²) in [7, 11) is 0. The number of benzene rings is 1. The van der Waals surface area contributed by atoms with Crippen LogP contribution in [0.1, 0.15) is 17.4 Å². The van der Waals surface area contributed by atoms with Crippen molar-refractivity contribution in [1.29, 1.82) is 0 Å². The maximum atomic E-state index is 11.8. The van der Waals surface area contributed by atoms with Gasteiger partial charge in [0.1, 0.15) is 6.33 Å². The van der Waals surface area contributed by atoms with Gasteiger partial charge in [0.25, 0.3) is 0 Å². The zero-order valence-corrected chi connectivity index (χ0v) is 11.3. The van der Waals surface area contributed by atoms with Crippen LogP contribution in [0.3, 0.4) is 0 Å². The second-order valence-electron chi connectivity index (χ2n) is 3.93. The molecule has 1 aromatic heterocycles. The molecule has 1 N–H and O–H groups in total. The summed E-state index contributed by atoms with van der Waals surface area (Å²) in [6, 6.07) is 8.59. The van der Waals surface area contributed by atoms with Gasteiger partial charge in [0.2, 0.25) is 0 Å². The van der Waals surface area contributed by atoms with E-state index < -0.39 is 5.91 Å². The number of carbonyl (C=O) groups excluding carboxylic acids is 1. The minimum atomic E-state index is -0.521. The molecule has 1 heterocycles. The third-order valence-corrected chi connectivity index (χ3v) is 2.69. The van der Waals surface area contributed by atoms with E-state index in [0.717, 1.165) is 5.56 Å². The number of amides is 1. The van der Waals surface area contributed by atoms with Crippen LogP contribution in [0, 0.1) is 4.91 Å². The first-order valence-electron chi connectivity index (χ1n) is 5.66. The van der Waals surface area contributed by atoms with Crippen LogP contribution in [-0.4, -0.2) is 21.7 Å². The van der Waals surface area contributed by atoms with Gasteiger partial charge in [-0.1, -0.05) is 23.7 Å². The number of nitroso groups, excluding NO2 is 1. The molecule has 1 aromatic carbocycles. The van der Waals surface area contributed by atoms with Crippen LogP contribution in [0.15, 0.2) is 36.7 Å². The minimum Gasteiger partial charge on any atom is -0.239 e. The first-order valence-corrected chi connectivity index (χ1v) is 6.04. The van der Waals surface area contributed by atoms with Crippen molar-refractivity contribution < 1.29 is 4.79 Å². The van der Waals surface area contributed by atoms with E-state index in [-0.39, 0.29) is 11.5 Å². The number of halogens is 1. The van der Waals surface area contributed by atoms with Gasteiger partial charge >= 0.3 is 11.7 Å². The van der Waals surface area contributed by atoms with Gasteiger partial charge in [-0.05, 0) is 18.2 Å². The third kappa shape index (κ3) is 3.26. The summed E-state index contributed by atoms with van der Waals surface area (Å²) in [5, 5.41) is 2.89. The maximum Gasteiger partial charge on any atom is 0.406 e. The molecule has 0 saturated heterocycles. The molecule has 0 aliphatic heterocycles. The van der Waals surface area contributed by atoms with Crippen LogP contribution in [0.2, 0.25) is 5.02 Å². The van der Waals surface area contributed by atoms with E-state index in [0.29, 0.717) is 10.7 Å². The second-order valence-corrected chi connectivity index (χ2v) is 4.37. The van der Waals surface area contributed by atoms with E-state index in [4.69, 9.17) is 11.6 Å². The van der Waals surface area contributed by atoms with Crippen LogP contribution in [0.25, 0.3) is 11.3 Å². The quantitative estimate of drug-likeness (QED) is 0.519. The fourth-order valence-electron chi connectivity index (χ4n) is 1.54. The molecule has 0 radical (unpaired) electrons. The van der Waals surface area contributed by atoms with Crippen LogP contribution in [0.4, 0.5) is 0 Å². The second kappa shape index (κ2) is 6.06. The number of rotatable bonds is 2. The molecule has 0 atom stereocenters. The Kier molecular flexibility index (Phi) is 4.20. The van der Waals surface area contributed by atoms with Crippen LogP contribution < -0.4 is 10.2 Å². The molecule has 0 aliphatic carbocycles. The number of aromatic nitrogens is 2. The summed E-state index contributed by atoms with van der Waals surface area (Å²) in [5.74, 6) is -0.550. The first-order chi connectivity index (χ1) is 9.60. The molecule has 1 amide bonds. The molecular formula is C13H10ClN4O2+. The number of carbonyl (C=O) groups is 1. The van der Waals surface area contributed by atoms with Crippen molar-refractivity contribution in [3.8, 4) is 11.3 Å². The Morgan fingerprint density at radius 3 is 2.80 bits per heavy atom. The van der Waals surface area contributed by atoms with E-state index in [1.807, 2.05) is 6.07 Å². The maximum absolute atomic E-state index is 11.8. The number of hydrogen-bond acceptors (Lipinski definition) is 4. The van der Waals surface area contributed by atoms with Crippen molar-refractivity contribution in [2.24, 2.45) is 0 Å². The summed E-state index contributed by atoms with van der Waals surface area (Å²) < 4.78 is 0. The molecule has 0 spiro atoms. The lowest BCUT2D eigenvalue weighted by Crippen LogP contribution is -2.30. The Bertz CT molecular complexity index is 711. The van der Waals surface area contributed by atoms with Crippen molar-refractivity contribution in [3.05, 3.63) is 52.3 Å². The van der Waals surface area contributed by atoms with Crippen molar-refractivity contribution >= 4 is 23.3 Å². The van der Waals surface area contributed by atoms with Gasteiger partial charge in [-0.2, -0.15) is 5.32 Å². The highest BCUT2D eigenvalue weighted by molar-refractivity contribution is 6.30. The van der Waals surface area contributed by atoms with Crippen molar-refractivity contribution in [2.75, 3.05) is 0 Å². The Morgan fingerprint density at radius 1 is 1.30 bits per heavy atom. The molecule has 0 saturated carbocycles. The van der Waals surface area contributed by atoms with Gasteiger partial charge in [-0.3, -0.25) is 0 Å². The fraction of sp³-hybridized carbons (Fsp3) is 0.0769. The average molecular weight is 290 g/mol. The number of nitrogens with one attached hydrogen (secondary N) is 1. The standard InChI is InChI=1S/C13H9ClN4O2/c1-8(18-20)17-13(19)12-6-11(15-7-16-12)9-3-2-4-10(14)5-9/h2-7H,1H3/p+1. The molecule has 0 fully saturated rings. The lowest BCUT2D eigenvalue weighted by Gasteiger charge is -2.02. The summed E-state index contributed by atoms with van der Waals surface area (Å²) in [6.45, 7) is 1.39. The van der Waals surface area contributed by atoms with Gasteiger partial charge in [0, 0.05) is 15.5 Å². The SMILES string of the molecule is CC(=[N+]=O)NC(=O)c1cc(-c2cccc(Cl)c2)ncn1. The van der Waals surface area contributed by atoms with Crippen LogP contribution in [-0.2, 0) is 0 Å². The van der Waals surface area contributed by atoms with Crippen molar-refractivity contribution in [2.45, 2.75) is 6.92 Å². The predicted molar refractivity (Wildman–Crippen MR) is 76.1 cm³/mol. The first kappa shape index (κ1) is 13.9. The smallest absolute Gasteiger partial charge is 0.239 e. The molecule has 0 unspecified atom stereocenters. The van der Waals surface area contributed by atoms with Crippen molar-refractivity contribution in [3.63, 3.8) is 0 Å². The van der Waals surface area contributed by atoms with Gasteiger partial charge < -0.3 is 0 Å². The average Bonchev–Trinajstić information content (AvgIpc) is 2.47. The molecule has 0 bridgehead atoms. The lowest BCUT2D eigenvalue weighted by molar-refractivity contribution is 0.0972. The van der Waals surface area contributed by atoms with Crippen LogP contribution in [0.5, 0.6) is 0 Å². The zero-order chi connectivity index (χ0) is 14.5. The van der Waals surface area contributed by atoms with E-state index in [2.05, 4.69) is 20.1 Å². The molecule has 20 heavy (non-hydrogen) atoms. The molecule has 6 nitrogen and oxygen atoms in total. The van der Waals surface area contributed by atoms with Gasteiger partial charge in [-0.25, -0.2) is 14.8 Å². The summed E-state index contributed by atoms with van der Waals surface area (Å²) in [5.41, 5.74) is 1.46. The highest BCUT2D eigenvalue weighted by Gasteiger charge is 2.17. The molecule has 7 heteroatoms. The predicted octanol–water partition coefficient (Wildman–Crippen LogP) is 1.78. The largest absolute Gasteiger partial charge is 0.406 e. The minimum absolute atomic E-state index is 0.0297. The highest BCUT2D eigenvalue weighted by Crippen LogP contribution is 2.20. The fourth-order valence-corrected chi connectivity index (χ4v) is 1.73. The monoisotopic (exact) mass is 289 g/mol. The molecular weight excluding hydrogens is 280 g/mol. The van der Waals surface area contributed by atoms with E-state index >= 15 is 0 Å². The van der Waals surface area contributed by atoms with E-state index in [1.165, 1.54) is 19.3 Å². The molecule has 2 rings (SSSR count). The number of hydrogen-bond donors (Lipinski definition) is 1. The summed E-state index contributed by atoms with van der Waals surface area (Å²) >= 11 is 5.91. The Balaban J connectivity index is 2.33. The Labute approximate surface area is 119 Å². The van der Waals surface area contributed by atoms with E-state index in [9.17, 15) is 9.70 Å². The Morgan fingerprint density at radius 2 is 2.10 bits per heavy atom. The number of amidine groups is 1. The molecule has 2 aromatic rings. The van der Waals surface area contributed by atoms with Crippen molar-refractivity contribution in [1.82, 2.24) is 20.1 Å². The lowest BCUT2D eigenvalue weighted by atomic mass is 10.1. The highest BCUT2D eigenvalue weighted by atomic mass is 35.5. The van der Waals surface area contributed by atoms with Crippen LogP contribution >= 0.6 is 11.6 Å². The Hall–Kier alpha value is -2.56. The van der Waals surface area contributed by atoms with Gasteiger partial charge in [-0.15, -0.1) is 0 Å². The molecule has 100 valence electrons. The zero-order valence-electron chi connectivity index (χ0n) is 10.5. The molecule has 0 aliphatic rings. The van der Waals surface area contributed by atoms with E-state index in [1.54, 1.807) is 18.2 Å². The number of nitrogens with zero attached hydrogens (tertiary/aromatic N) is 3. The van der Waals surface area contributed by atoms with Gasteiger partial charge in [0.05, 0.1) is 17.5 Å². The summed E-state index contributed by atoms with van der Waals surface area (Å²) in [6.07, 6.45) is 1.27. The summed E-state index contributed by atoms with van der Waals surface area (Å²) in [4.78, 5) is 32.6. The normalized spacial score (nSPS) is 9.70. The van der Waals surface area contributed by atoms with Gasteiger partial charge in [0.15, 0.2) is 5.69 Å².